The molecule has 0 fully saturated rings. The largest absolute Gasteiger partial charge is 0.493 e. The number of rotatable bonds is 7. The number of methoxy groups -OCH3 is 2. The molecule has 0 N–H and O–H groups in total. The lowest BCUT2D eigenvalue weighted by Gasteiger charge is -2.15. The van der Waals surface area contributed by atoms with Crippen LogP contribution in [0, 0.1) is 11.3 Å². The molecule has 0 saturated carbocycles. The maximum atomic E-state index is 9.34. The Hall–Kier alpha value is -3.71. The van der Waals surface area contributed by atoms with Gasteiger partial charge in [0.05, 0.1) is 20.3 Å². The number of nitriles is 1. The van der Waals surface area contributed by atoms with Crippen molar-refractivity contribution >= 4 is 5.57 Å². The van der Waals surface area contributed by atoms with E-state index in [4.69, 9.17) is 14.2 Å². The molecular weight excluding hydrogens is 350 g/mol. The minimum atomic E-state index is 0.476. The number of nitrogens with zero attached hydrogens (tertiary/aromatic N) is 1. The number of hydrogen-bond donors (Lipinski definition) is 0. The fourth-order valence-corrected chi connectivity index (χ4v) is 2.97. The van der Waals surface area contributed by atoms with Crippen LogP contribution in [-0.2, 0) is 6.61 Å². The summed E-state index contributed by atoms with van der Waals surface area (Å²) in [4.78, 5) is 0. The Labute approximate surface area is 165 Å². The molecule has 0 unspecified atom stereocenters. The third-order valence-electron chi connectivity index (χ3n) is 4.30. The van der Waals surface area contributed by atoms with Crippen LogP contribution < -0.4 is 14.2 Å². The number of benzene rings is 3. The summed E-state index contributed by atoms with van der Waals surface area (Å²) in [7, 11) is 3.18. The summed E-state index contributed by atoms with van der Waals surface area (Å²) in [6.45, 7) is 0.476. The summed E-state index contributed by atoms with van der Waals surface area (Å²) < 4.78 is 16.9. The molecule has 0 spiro atoms. The van der Waals surface area contributed by atoms with E-state index in [0.717, 1.165) is 28.0 Å². The molecule has 0 saturated heterocycles. The van der Waals surface area contributed by atoms with Crippen molar-refractivity contribution in [3.8, 4) is 23.3 Å². The van der Waals surface area contributed by atoms with Gasteiger partial charge in [-0.2, -0.15) is 5.26 Å². The average Bonchev–Trinajstić information content (AvgIpc) is 2.76. The lowest BCUT2D eigenvalue weighted by Crippen LogP contribution is -1.98. The van der Waals surface area contributed by atoms with E-state index in [1.807, 2.05) is 72.8 Å². The lowest BCUT2D eigenvalue weighted by atomic mass is 9.96. The van der Waals surface area contributed by atoms with Crippen LogP contribution in [0.4, 0.5) is 0 Å². The Bertz CT molecular complexity index is 1000. The van der Waals surface area contributed by atoms with Gasteiger partial charge in [-0.25, -0.2) is 0 Å². The molecule has 0 aliphatic heterocycles. The highest BCUT2D eigenvalue weighted by molar-refractivity contribution is 5.85. The van der Waals surface area contributed by atoms with E-state index >= 15 is 0 Å². The van der Waals surface area contributed by atoms with Gasteiger partial charge in [0, 0.05) is 17.2 Å². The van der Waals surface area contributed by atoms with E-state index < -0.39 is 0 Å². The summed E-state index contributed by atoms with van der Waals surface area (Å²) in [6.07, 6.45) is 1.51. The number of ether oxygens (including phenoxy) is 3. The predicted molar refractivity (Wildman–Crippen MR) is 109 cm³/mol. The average molecular weight is 371 g/mol. The van der Waals surface area contributed by atoms with Gasteiger partial charge >= 0.3 is 0 Å². The predicted octanol–water partition coefficient (Wildman–Crippen LogP) is 5.24. The van der Waals surface area contributed by atoms with Crippen molar-refractivity contribution in [3.63, 3.8) is 0 Å². The standard InChI is InChI=1S/C24H21NO3/c1-26-23-13-7-12-22(24(23)27-2)21(14-15-25)19-10-6-11-20(16-19)28-17-18-8-4-3-5-9-18/h3-14,16H,17H2,1-2H3. The first-order chi connectivity index (χ1) is 13.8. The fourth-order valence-electron chi connectivity index (χ4n) is 2.97. The number of para-hydroxylation sites is 1. The van der Waals surface area contributed by atoms with Gasteiger partial charge < -0.3 is 14.2 Å². The van der Waals surface area contributed by atoms with Crippen LogP contribution >= 0.6 is 0 Å². The van der Waals surface area contributed by atoms with E-state index in [2.05, 4.69) is 6.07 Å². The molecule has 4 heteroatoms. The first kappa shape index (κ1) is 19.1. The topological polar surface area (TPSA) is 51.5 Å². The molecule has 0 bridgehead atoms. The highest BCUT2D eigenvalue weighted by Crippen LogP contribution is 2.38. The van der Waals surface area contributed by atoms with E-state index in [-0.39, 0.29) is 0 Å². The smallest absolute Gasteiger partial charge is 0.168 e. The first-order valence-corrected chi connectivity index (χ1v) is 8.85. The molecule has 4 nitrogen and oxygen atoms in total. The molecule has 140 valence electrons. The summed E-state index contributed by atoms with van der Waals surface area (Å²) >= 11 is 0. The Balaban J connectivity index is 1.94. The number of hydrogen-bond acceptors (Lipinski definition) is 4. The van der Waals surface area contributed by atoms with Crippen molar-refractivity contribution in [2.75, 3.05) is 14.2 Å². The Morgan fingerprint density at radius 1 is 0.929 bits per heavy atom. The highest BCUT2D eigenvalue weighted by Gasteiger charge is 2.15. The maximum absolute atomic E-state index is 9.34. The Kier molecular flexibility index (Phi) is 6.33. The van der Waals surface area contributed by atoms with Crippen LogP contribution in [-0.4, -0.2) is 14.2 Å². The third-order valence-corrected chi connectivity index (χ3v) is 4.30. The second-order valence-corrected chi connectivity index (χ2v) is 6.03. The van der Waals surface area contributed by atoms with E-state index in [1.54, 1.807) is 14.2 Å². The van der Waals surface area contributed by atoms with Crippen LogP contribution in [0.15, 0.2) is 78.9 Å². The van der Waals surface area contributed by atoms with Crippen LogP contribution in [0.3, 0.4) is 0 Å². The van der Waals surface area contributed by atoms with Gasteiger partial charge in [0.25, 0.3) is 0 Å². The monoisotopic (exact) mass is 371 g/mol. The Morgan fingerprint density at radius 3 is 2.43 bits per heavy atom. The van der Waals surface area contributed by atoms with Crippen molar-refractivity contribution in [2.24, 2.45) is 0 Å². The molecule has 0 aliphatic carbocycles. The summed E-state index contributed by atoms with van der Waals surface area (Å²) in [5.74, 6) is 1.93. The molecule has 0 amide bonds. The van der Waals surface area contributed by atoms with Gasteiger partial charge in [-0.05, 0) is 29.3 Å². The zero-order valence-electron chi connectivity index (χ0n) is 15.9. The number of allylic oxidation sites excluding steroid dienone is 1. The summed E-state index contributed by atoms with van der Waals surface area (Å²) in [5.41, 5.74) is 3.47. The quantitative estimate of drug-likeness (QED) is 0.533. The van der Waals surface area contributed by atoms with Crippen molar-refractivity contribution in [1.82, 2.24) is 0 Å². The second kappa shape index (κ2) is 9.29. The van der Waals surface area contributed by atoms with Gasteiger partial charge in [0.1, 0.15) is 12.4 Å². The third kappa shape index (κ3) is 4.33. The van der Waals surface area contributed by atoms with Crippen molar-refractivity contribution < 1.29 is 14.2 Å². The molecule has 0 aromatic heterocycles. The molecule has 3 rings (SSSR count). The van der Waals surface area contributed by atoms with Crippen LogP contribution in [0.2, 0.25) is 0 Å². The van der Waals surface area contributed by atoms with E-state index in [9.17, 15) is 5.26 Å². The van der Waals surface area contributed by atoms with Crippen LogP contribution in [0.5, 0.6) is 17.2 Å². The molecule has 0 aliphatic rings. The normalized spacial score (nSPS) is 10.8. The molecule has 0 heterocycles. The molecule has 28 heavy (non-hydrogen) atoms. The molecule has 0 atom stereocenters. The van der Waals surface area contributed by atoms with Gasteiger partial charge in [0.15, 0.2) is 11.5 Å². The first-order valence-electron chi connectivity index (χ1n) is 8.85. The maximum Gasteiger partial charge on any atom is 0.168 e. The molecular formula is C24H21NO3. The molecule has 0 radical (unpaired) electrons. The van der Waals surface area contributed by atoms with Gasteiger partial charge in [0.2, 0.25) is 0 Å². The van der Waals surface area contributed by atoms with Crippen molar-refractivity contribution in [2.45, 2.75) is 6.61 Å². The summed E-state index contributed by atoms with van der Waals surface area (Å²) in [6, 6.07) is 25.4. The van der Waals surface area contributed by atoms with Crippen LogP contribution in [0.25, 0.3) is 5.57 Å². The van der Waals surface area contributed by atoms with E-state index in [0.29, 0.717) is 18.1 Å². The Morgan fingerprint density at radius 2 is 1.71 bits per heavy atom. The van der Waals surface area contributed by atoms with Crippen molar-refractivity contribution in [3.05, 3.63) is 95.6 Å². The van der Waals surface area contributed by atoms with Crippen LogP contribution in [0.1, 0.15) is 16.7 Å². The molecule has 3 aromatic rings. The SMILES string of the molecule is COc1cccc(C(=CC#N)c2cccc(OCc3ccccc3)c2)c1OC. The second-order valence-electron chi connectivity index (χ2n) is 6.03. The van der Waals surface area contributed by atoms with Crippen molar-refractivity contribution in [1.29, 1.82) is 5.26 Å². The minimum absolute atomic E-state index is 0.476. The minimum Gasteiger partial charge on any atom is -0.493 e. The zero-order chi connectivity index (χ0) is 19.8. The lowest BCUT2D eigenvalue weighted by molar-refractivity contribution is 0.306. The van der Waals surface area contributed by atoms with E-state index in [1.165, 1.54) is 6.08 Å². The fraction of sp³-hybridized carbons (Fsp3) is 0.125. The summed E-state index contributed by atoms with van der Waals surface area (Å²) in [5, 5.41) is 9.34. The molecule has 3 aromatic carbocycles. The zero-order valence-corrected chi connectivity index (χ0v) is 15.9. The van der Waals surface area contributed by atoms with Gasteiger partial charge in [-0.15, -0.1) is 0 Å². The van der Waals surface area contributed by atoms with Gasteiger partial charge in [-0.3, -0.25) is 0 Å². The van der Waals surface area contributed by atoms with Gasteiger partial charge in [-0.1, -0.05) is 54.6 Å². The highest BCUT2D eigenvalue weighted by atomic mass is 16.5.